The van der Waals surface area contributed by atoms with Crippen LogP contribution in [-0.4, -0.2) is 56.9 Å². The Balaban J connectivity index is 1.35. The first-order valence-electron chi connectivity index (χ1n) is 10.9. The highest BCUT2D eigenvalue weighted by atomic mass is 32.2. The van der Waals surface area contributed by atoms with Crippen LogP contribution in [0.15, 0.2) is 53.4 Å². The zero-order valence-electron chi connectivity index (χ0n) is 18.3. The highest BCUT2D eigenvalue weighted by molar-refractivity contribution is 7.89. The van der Waals surface area contributed by atoms with E-state index in [1.165, 1.54) is 4.31 Å². The number of nitrogens with one attached hydrogen (secondary N) is 2. The molecule has 0 unspecified atom stereocenters. The number of hydrogen-bond acceptors (Lipinski definition) is 6. The van der Waals surface area contributed by atoms with Gasteiger partial charge in [0.05, 0.1) is 10.8 Å². The van der Waals surface area contributed by atoms with E-state index in [9.17, 15) is 18.0 Å². The summed E-state index contributed by atoms with van der Waals surface area (Å²) < 4.78 is 38.1. The number of fused-ring (bicyclic) bond motifs is 1. The van der Waals surface area contributed by atoms with Crippen molar-refractivity contribution in [1.29, 1.82) is 0 Å². The van der Waals surface area contributed by atoms with Crippen molar-refractivity contribution in [1.82, 2.24) is 9.62 Å². The fraction of sp³-hybridized carbons (Fsp3) is 0.391. The Morgan fingerprint density at radius 2 is 1.79 bits per heavy atom. The number of ether oxygens (including phenoxy) is 2. The minimum Gasteiger partial charge on any atom is -0.486 e. The Kier molecular flexibility index (Phi) is 6.85. The summed E-state index contributed by atoms with van der Waals surface area (Å²) in [5, 5.41) is 5.47. The van der Waals surface area contributed by atoms with Gasteiger partial charge >= 0.3 is 0 Å². The average molecular weight is 474 g/mol. The standard InChI is InChI=1S/C23H27N3O6S/c1-16(22(27)25-18-9-10-20-21(14-18)32-13-12-31-20)24-23(28)17-6-5-11-26(15-17)33(29,30)19-7-3-2-4-8-19/h2-4,7-10,14,16-17H,5-6,11-13,15H2,1H3,(H,24,28)(H,25,27)/t16-,17+/m0/s1. The molecule has 2 aromatic rings. The van der Waals surface area contributed by atoms with Gasteiger partial charge in [0.25, 0.3) is 0 Å². The molecule has 0 spiro atoms. The number of anilines is 1. The summed E-state index contributed by atoms with van der Waals surface area (Å²) in [7, 11) is -3.67. The third kappa shape index (κ3) is 5.28. The van der Waals surface area contributed by atoms with Gasteiger partial charge in [0.1, 0.15) is 19.3 Å². The van der Waals surface area contributed by atoms with Gasteiger partial charge in [0.2, 0.25) is 21.8 Å². The third-order valence-corrected chi connectivity index (χ3v) is 7.58. The molecule has 1 saturated heterocycles. The predicted molar refractivity (Wildman–Crippen MR) is 122 cm³/mol. The Bertz CT molecular complexity index is 1120. The Labute approximate surface area is 193 Å². The largest absolute Gasteiger partial charge is 0.486 e. The Hall–Kier alpha value is -3.11. The first-order valence-corrected chi connectivity index (χ1v) is 12.3. The van der Waals surface area contributed by atoms with Gasteiger partial charge < -0.3 is 20.1 Å². The number of nitrogens with zero attached hydrogens (tertiary/aromatic N) is 1. The lowest BCUT2D eigenvalue weighted by atomic mass is 9.98. The summed E-state index contributed by atoms with van der Waals surface area (Å²) >= 11 is 0. The van der Waals surface area contributed by atoms with Crippen molar-refractivity contribution in [2.24, 2.45) is 5.92 Å². The minimum absolute atomic E-state index is 0.0829. The number of benzene rings is 2. The average Bonchev–Trinajstić information content (AvgIpc) is 2.84. The van der Waals surface area contributed by atoms with Gasteiger partial charge in [-0.3, -0.25) is 9.59 Å². The molecule has 4 rings (SSSR count). The summed E-state index contributed by atoms with van der Waals surface area (Å²) in [6.07, 6.45) is 1.13. The molecule has 2 N–H and O–H groups in total. The first kappa shape index (κ1) is 23.1. The molecule has 176 valence electrons. The molecule has 0 radical (unpaired) electrons. The first-order chi connectivity index (χ1) is 15.8. The number of amides is 2. The summed E-state index contributed by atoms with van der Waals surface area (Å²) in [4.78, 5) is 25.6. The van der Waals surface area contributed by atoms with Crippen LogP contribution in [0.2, 0.25) is 0 Å². The lowest BCUT2D eigenvalue weighted by molar-refractivity contribution is -0.129. The molecular formula is C23H27N3O6S. The van der Waals surface area contributed by atoms with E-state index in [-0.39, 0.29) is 23.3 Å². The van der Waals surface area contributed by atoms with E-state index in [0.29, 0.717) is 49.8 Å². The fourth-order valence-corrected chi connectivity index (χ4v) is 5.43. The van der Waals surface area contributed by atoms with Crippen LogP contribution >= 0.6 is 0 Å². The van der Waals surface area contributed by atoms with E-state index >= 15 is 0 Å². The molecule has 0 aliphatic carbocycles. The molecule has 2 aliphatic heterocycles. The lowest BCUT2D eigenvalue weighted by Crippen LogP contribution is -2.49. The SMILES string of the molecule is C[C@H](NC(=O)[C@@H]1CCCN(S(=O)(=O)c2ccccc2)C1)C(=O)Nc1ccc2c(c1)OCCO2. The highest BCUT2D eigenvalue weighted by Gasteiger charge is 2.34. The topological polar surface area (TPSA) is 114 Å². The van der Waals surface area contributed by atoms with Gasteiger partial charge in [-0.25, -0.2) is 8.42 Å². The summed E-state index contributed by atoms with van der Waals surface area (Å²) in [6, 6.07) is 12.5. The molecule has 2 heterocycles. The van der Waals surface area contributed by atoms with E-state index < -0.39 is 22.0 Å². The van der Waals surface area contributed by atoms with Crippen LogP contribution in [-0.2, 0) is 19.6 Å². The van der Waals surface area contributed by atoms with Crippen molar-refractivity contribution < 1.29 is 27.5 Å². The second-order valence-electron chi connectivity index (χ2n) is 8.09. The molecule has 2 amide bonds. The van der Waals surface area contributed by atoms with Crippen molar-refractivity contribution in [3.63, 3.8) is 0 Å². The van der Waals surface area contributed by atoms with Crippen molar-refractivity contribution in [2.45, 2.75) is 30.7 Å². The Morgan fingerprint density at radius 1 is 1.06 bits per heavy atom. The smallest absolute Gasteiger partial charge is 0.246 e. The van der Waals surface area contributed by atoms with Crippen molar-refractivity contribution in [3.05, 3.63) is 48.5 Å². The van der Waals surface area contributed by atoms with E-state index in [2.05, 4.69) is 10.6 Å². The van der Waals surface area contributed by atoms with E-state index in [4.69, 9.17) is 9.47 Å². The van der Waals surface area contributed by atoms with Gasteiger partial charge in [-0.05, 0) is 44.0 Å². The van der Waals surface area contributed by atoms with E-state index in [1.807, 2.05) is 0 Å². The molecule has 2 atom stereocenters. The van der Waals surface area contributed by atoms with Crippen LogP contribution in [0.4, 0.5) is 5.69 Å². The number of hydrogen-bond donors (Lipinski definition) is 2. The van der Waals surface area contributed by atoms with Gasteiger partial charge in [0.15, 0.2) is 11.5 Å². The zero-order chi connectivity index (χ0) is 23.4. The van der Waals surface area contributed by atoms with Crippen LogP contribution < -0.4 is 20.1 Å². The maximum absolute atomic E-state index is 12.9. The third-order valence-electron chi connectivity index (χ3n) is 5.70. The van der Waals surface area contributed by atoms with Gasteiger partial charge in [0, 0.05) is 24.8 Å². The maximum Gasteiger partial charge on any atom is 0.246 e. The van der Waals surface area contributed by atoms with Gasteiger partial charge in [-0.1, -0.05) is 18.2 Å². The van der Waals surface area contributed by atoms with Gasteiger partial charge in [-0.15, -0.1) is 0 Å². The molecule has 10 heteroatoms. The number of rotatable bonds is 6. The van der Waals surface area contributed by atoms with Crippen LogP contribution in [0, 0.1) is 5.92 Å². The molecule has 9 nitrogen and oxygen atoms in total. The number of sulfonamides is 1. The molecule has 1 fully saturated rings. The molecule has 2 aliphatic rings. The maximum atomic E-state index is 12.9. The summed E-state index contributed by atoms with van der Waals surface area (Å²) in [6.45, 7) is 2.95. The monoisotopic (exact) mass is 473 g/mol. The summed E-state index contributed by atoms with van der Waals surface area (Å²) in [5.74, 6) is -0.0789. The lowest BCUT2D eigenvalue weighted by Gasteiger charge is -2.31. The minimum atomic E-state index is -3.67. The molecule has 0 bridgehead atoms. The van der Waals surface area contributed by atoms with Crippen molar-refractivity contribution in [2.75, 3.05) is 31.6 Å². The molecule has 0 saturated carbocycles. The second kappa shape index (κ2) is 9.80. The number of piperidine rings is 1. The van der Waals surface area contributed by atoms with Crippen molar-refractivity contribution >= 4 is 27.5 Å². The van der Waals surface area contributed by atoms with Crippen LogP contribution in [0.5, 0.6) is 11.5 Å². The molecule has 2 aromatic carbocycles. The molecular weight excluding hydrogens is 446 g/mol. The normalized spacial score (nSPS) is 19.4. The Morgan fingerprint density at radius 3 is 2.55 bits per heavy atom. The van der Waals surface area contributed by atoms with Crippen LogP contribution in [0.1, 0.15) is 19.8 Å². The van der Waals surface area contributed by atoms with Crippen LogP contribution in [0.25, 0.3) is 0 Å². The molecule has 0 aromatic heterocycles. The summed E-state index contributed by atoms with van der Waals surface area (Å²) in [5.41, 5.74) is 0.531. The highest BCUT2D eigenvalue weighted by Crippen LogP contribution is 2.32. The number of carbonyl (C=O) groups is 2. The fourth-order valence-electron chi connectivity index (χ4n) is 3.88. The van der Waals surface area contributed by atoms with E-state index in [1.54, 1.807) is 55.5 Å². The van der Waals surface area contributed by atoms with Crippen molar-refractivity contribution in [3.8, 4) is 11.5 Å². The molecule has 33 heavy (non-hydrogen) atoms. The van der Waals surface area contributed by atoms with Gasteiger partial charge in [-0.2, -0.15) is 4.31 Å². The van der Waals surface area contributed by atoms with E-state index in [0.717, 1.165) is 0 Å². The predicted octanol–water partition coefficient (Wildman–Crippen LogP) is 2.00. The van der Waals surface area contributed by atoms with Crippen LogP contribution in [0.3, 0.4) is 0 Å². The number of carbonyl (C=O) groups excluding carboxylic acids is 2. The zero-order valence-corrected chi connectivity index (χ0v) is 19.1. The second-order valence-corrected chi connectivity index (χ2v) is 10.0. The quantitative estimate of drug-likeness (QED) is 0.663.